The monoisotopic (exact) mass is 205 g/mol. The molecule has 2 rings (SSSR count). The zero-order valence-corrected chi connectivity index (χ0v) is 9.32. The standard InChI is InChI=1S/C13H19NO/c1-14(9-4-10-15)13-8-7-11-5-2-3-6-12(11)13/h2-3,5-6,13,15H,4,7-10H2,1H3. The van der Waals surface area contributed by atoms with Crippen LogP contribution in [0.5, 0.6) is 0 Å². The summed E-state index contributed by atoms with van der Waals surface area (Å²) in [7, 11) is 2.16. The van der Waals surface area contributed by atoms with Crippen LogP contribution in [0.25, 0.3) is 0 Å². The summed E-state index contributed by atoms with van der Waals surface area (Å²) in [6.07, 6.45) is 3.29. The maximum absolute atomic E-state index is 8.83. The van der Waals surface area contributed by atoms with E-state index in [1.165, 1.54) is 24.0 Å². The number of hydrogen-bond donors (Lipinski definition) is 1. The average molecular weight is 205 g/mol. The van der Waals surface area contributed by atoms with Crippen molar-refractivity contribution in [1.29, 1.82) is 0 Å². The van der Waals surface area contributed by atoms with Gasteiger partial charge in [-0.05, 0) is 37.4 Å². The lowest BCUT2D eigenvalue weighted by atomic mass is 10.1. The van der Waals surface area contributed by atoms with Crippen LogP contribution in [0.4, 0.5) is 0 Å². The molecule has 0 bridgehead atoms. The summed E-state index contributed by atoms with van der Waals surface area (Å²) in [5, 5.41) is 8.83. The molecule has 2 heteroatoms. The molecule has 1 unspecified atom stereocenters. The molecule has 0 saturated carbocycles. The molecular formula is C13H19NO. The number of aliphatic hydroxyl groups excluding tert-OH is 1. The second-order valence-electron chi connectivity index (χ2n) is 4.31. The summed E-state index contributed by atoms with van der Waals surface area (Å²) in [6, 6.07) is 9.27. The van der Waals surface area contributed by atoms with Gasteiger partial charge in [0.1, 0.15) is 0 Å². The van der Waals surface area contributed by atoms with Crippen molar-refractivity contribution in [3.05, 3.63) is 35.4 Å². The fraction of sp³-hybridized carbons (Fsp3) is 0.538. The van der Waals surface area contributed by atoms with Gasteiger partial charge in [-0.25, -0.2) is 0 Å². The lowest BCUT2D eigenvalue weighted by Gasteiger charge is -2.24. The molecule has 1 aromatic rings. The first-order valence-corrected chi connectivity index (χ1v) is 5.72. The van der Waals surface area contributed by atoms with Gasteiger partial charge in [-0.2, -0.15) is 0 Å². The summed E-state index contributed by atoms with van der Waals surface area (Å²) in [5.41, 5.74) is 2.98. The molecule has 1 atom stereocenters. The van der Waals surface area contributed by atoms with E-state index in [1.807, 2.05) is 0 Å². The van der Waals surface area contributed by atoms with Crippen LogP contribution in [0, 0.1) is 0 Å². The topological polar surface area (TPSA) is 23.5 Å². The summed E-state index contributed by atoms with van der Waals surface area (Å²) in [6.45, 7) is 1.27. The first kappa shape index (κ1) is 10.7. The lowest BCUT2D eigenvalue weighted by Crippen LogP contribution is -2.24. The minimum Gasteiger partial charge on any atom is -0.396 e. The van der Waals surface area contributed by atoms with Gasteiger partial charge in [-0.15, -0.1) is 0 Å². The molecule has 15 heavy (non-hydrogen) atoms. The van der Waals surface area contributed by atoms with Crippen LogP contribution in [0.1, 0.15) is 30.0 Å². The van der Waals surface area contributed by atoms with E-state index in [9.17, 15) is 0 Å². The molecule has 1 aromatic carbocycles. The maximum Gasteiger partial charge on any atom is 0.0443 e. The summed E-state index contributed by atoms with van der Waals surface area (Å²) in [5.74, 6) is 0. The molecule has 1 aliphatic carbocycles. The van der Waals surface area contributed by atoms with Gasteiger partial charge in [0.2, 0.25) is 0 Å². The third kappa shape index (κ3) is 2.21. The molecule has 0 aliphatic heterocycles. The van der Waals surface area contributed by atoms with Crippen LogP contribution >= 0.6 is 0 Å². The summed E-state index contributed by atoms with van der Waals surface area (Å²) < 4.78 is 0. The van der Waals surface area contributed by atoms with Crippen molar-refractivity contribution in [1.82, 2.24) is 4.90 Å². The lowest BCUT2D eigenvalue weighted by molar-refractivity contribution is 0.207. The molecule has 1 N–H and O–H groups in total. The van der Waals surface area contributed by atoms with Gasteiger partial charge in [0.15, 0.2) is 0 Å². The first-order valence-electron chi connectivity index (χ1n) is 5.72. The largest absolute Gasteiger partial charge is 0.396 e. The van der Waals surface area contributed by atoms with Gasteiger partial charge in [0.25, 0.3) is 0 Å². The van der Waals surface area contributed by atoms with E-state index in [-0.39, 0.29) is 0 Å². The number of rotatable bonds is 4. The fourth-order valence-corrected chi connectivity index (χ4v) is 2.47. The Balaban J connectivity index is 2.06. The molecule has 1 aliphatic rings. The molecule has 0 saturated heterocycles. The average Bonchev–Trinajstić information content (AvgIpc) is 2.69. The fourth-order valence-electron chi connectivity index (χ4n) is 2.47. The summed E-state index contributed by atoms with van der Waals surface area (Å²) in [4.78, 5) is 2.36. The zero-order valence-electron chi connectivity index (χ0n) is 9.32. The van der Waals surface area contributed by atoms with Crippen molar-refractivity contribution < 1.29 is 5.11 Å². The van der Waals surface area contributed by atoms with E-state index in [0.29, 0.717) is 12.6 Å². The van der Waals surface area contributed by atoms with Gasteiger partial charge in [0.05, 0.1) is 0 Å². The normalized spacial score (nSPS) is 19.5. The number of aliphatic hydroxyl groups is 1. The Hall–Kier alpha value is -0.860. The van der Waals surface area contributed by atoms with E-state index in [1.54, 1.807) is 0 Å². The molecule has 0 aromatic heterocycles. The second-order valence-corrected chi connectivity index (χ2v) is 4.31. The Morgan fingerprint density at radius 1 is 1.40 bits per heavy atom. The zero-order chi connectivity index (χ0) is 10.7. The molecule has 0 heterocycles. The van der Waals surface area contributed by atoms with E-state index >= 15 is 0 Å². The van der Waals surface area contributed by atoms with Crippen molar-refractivity contribution in [3.8, 4) is 0 Å². The van der Waals surface area contributed by atoms with E-state index in [0.717, 1.165) is 13.0 Å². The van der Waals surface area contributed by atoms with Crippen molar-refractivity contribution in [3.63, 3.8) is 0 Å². The number of aryl methyl sites for hydroxylation is 1. The third-order valence-corrected chi connectivity index (χ3v) is 3.30. The Morgan fingerprint density at radius 2 is 2.20 bits per heavy atom. The Kier molecular flexibility index (Phi) is 3.39. The highest BCUT2D eigenvalue weighted by atomic mass is 16.3. The van der Waals surface area contributed by atoms with E-state index in [4.69, 9.17) is 5.11 Å². The number of nitrogens with zero attached hydrogens (tertiary/aromatic N) is 1. The smallest absolute Gasteiger partial charge is 0.0443 e. The minimum atomic E-state index is 0.290. The van der Waals surface area contributed by atoms with Crippen LogP contribution in [0.15, 0.2) is 24.3 Å². The molecule has 0 amide bonds. The number of benzene rings is 1. The third-order valence-electron chi connectivity index (χ3n) is 3.30. The molecule has 0 radical (unpaired) electrons. The molecule has 2 nitrogen and oxygen atoms in total. The SMILES string of the molecule is CN(CCCO)C1CCc2ccccc21. The van der Waals surface area contributed by atoms with Gasteiger partial charge < -0.3 is 5.11 Å². The van der Waals surface area contributed by atoms with Crippen molar-refractivity contribution >= 4 is 0 Å². The second kappa shape index (κ2) is 4.77. The van der Waals surface area contributed by atoms with E-state index < -0.39 is 0 Å². The minimum absolute atomic E-state index is 0.290. The Bertz CT molecular complexity index is 324. The van der Waals surface area contributed by atoms with Crippen molar-refractivity contribution in [2.75, 3.05) is 20.2 Å². The molecule has 0 fully saturated rings. The van der Waals surface area contributed by atoms with Crippen molar-refractivity contribution in [2.24, 2.45) is 0 Å². The van der Waals surface area contributed by atoms with Gasteiger partial charge in [0, 0.05) is 19.2 Å². The van der Waals surface area contributed by atoms with Crippen molar-refractivity contribution in [2.45, 2.75) is 25.3 Å². The maximum atomic E-state index is 8.83. The van der Waals surface area contributed by atoms with Crippen LogP contribution in [0.2, 0.25) is 0 Å². The molecule has 82 valence electrons. The van der Waals surface area contributed by atoms with Gasteiger partial charge in [-0.3, -0.25) is 4.90 Å². The van der Waals surface area contributed by atoms with Crippen LogP contribution in [-0.2, 0) is 6.42 Å². The van der Waals surface area contributed by atoms with Crippen LogP contribution < -0.4 is 0 Å². The highest BCUT2D eigenvalue weighted by molar-refractivity contribution is 5.34. The Labute approximate surface area is 91.5 Å². The first-order chi connectivity index (χ1) is 7.33. The highest BCUT2D eigenvalue weighted by Crippen LogP contribution is 2.34. The predicted octanol–water partition coefficient (Wildman–Crippen LogP) is 1.99. The number of fused-ring (bicyclic) bond motifs is 1. The number of hydrogen-bond acceptors (Lipinski definition) is 2. The highest BCUT2D eigenvalue weighted by Gasteiger charge is 2.24. The molecular weight excluding hydrogens is 186 g/mol. The predicted molar refractivity (Wildman–Crippen MR) is 61.8 cm³/mol. The van der Waals surface area contributed by atoms with Gasteiger partial charge in [-0.1, -0.05) is 24.3 Å². The van der Waals surface area contributed by atoms with Crippen LogP contribution in [-0.4, -0.2) is 30.2 Å². The molecule has 0 spiro atoms. The van der Waals surface area contributed by atoms with Crippen LogP contribution in [0.3, 0.4) is 0 Å². The van der Waals surface area contributed by atoms with Gasteiger partial charge >= 0.3 is 0 Å². The van der Waals surface area contributed by atoms with E-state index in [2.05, 4.69) is 36.2 Å². The summed E-state index contributed by atoms with van der Waals surface area (Å²) >= 11 is 0. The quantitative estimate of drug-likeness (QED) is 0.812. The Morgan fingerprint density at radius 3 is 3.00 bits per heavy atom.